The normalized spacial score (nSPS) is 17.5. The van der Waals surface area contributed by atoms with E-state index < -0.39 is 12.5 Å². The summed E-state index contributed by atoms with van der Waals surface area (Å²) in [5, 5.41) is 10.7. The Morgan fingerprint density at radius 2 is 1.76 bits per heavy atom. The second kappa shape index (κ2) is 7.12. The molecule has 0 radical (unpaired) electrons. The highest BCUT2D eigenvalue weighted by Crippen LogP contribution is 2.38. The van der Waals surface area contributed by atoms with E-state index in [-0.39, 0.29) is 11.7 Å². The van der Waals surface area contributed by atoms with E-state index in [0.717, 1.165) is 31.2 Å². The van der Waals surface area contributed by atoms with Gasteiger partial charge in [0.1, 0.15) is 17.3 Å². The Bertz CT molecular complexity index is 698. The highest BCUT2D eigenvalue weighted by atomic mass is 19.4. The summed E-state index contributed by atoms with van der Waals surface area (Å²) in [6.07, 6.45) is 0.212. The van der Waals surface area contributed by atoms with Crippen molar-refractivity contribution in [1.29, 1.82) is 0 Å². The molecular weight excluding hydrogens is 333 g/mol. The fourth-order valence-corrected chi connectivity index (χ4v) is 3.46. The lowest BCUT2D eigenvalue weighted by molar-refractivity contribution is -0.274. The van der Waals surface area contributed by atoms with Gasteiger partial charge in [-0.15, -0.1) is 13.2 Å². The monoisotopic (exact) mass is 354 g/mol. The third-order valence-electron chi connectivity index (χ3n) is 4.74. The van der Waals surface area contributed by atoms with E-state index in [1.165, 1.54) is 30.7 Å². The maximum absolute atomic E-state index is 12.2. The first-order chi connectivity index (χ1) is 11.8. The number of hydrogen-bond donors (Lipinski definition) is 1. The van der Waals surface area contributed by atoms with Gasteiger partial charge in [-0.1, -0.05) is 19.3 Å². The van der Waals surface area contributed by atoms with Crippen molar-refractivity contribution in [1.82, 2.24) is 0 Å². The van der Waals surface area contributed by atoms with E-state index in [4.69, 9.17) is 4.42 Å². The zero-order valence-corrected chi connectivity index (χ0v) is 14.0. The molecule has 1 aromatic heterocycles. The summed E-state index contributed by atoms with van der Waals surface area (Å²) in [6, 6.07) is 7.30. The fraction of sp³-hybridized carbons (Fsp3) is 0.474. The van der Waals surface area contributed by atoms with Crippen LogP contribution in [0.15, 0.2) is 34.7 Å². The molecule has 1 unspecified atom stereocenters. The molecule has 1 heterocycles. The van der Waals surface area contributed by atoms with Crippen LogP contribution in [-0.4, -0.2) is 11.5 Å². The minimum absolute atomic E-state index is 0.237. The van der Waals surface area contributed by atoms with Crippen LogP contribution in [0.5, 0.6) is 5.75 Å². The summed E-state index contributed by atoms with van der Waals surface area (Å²) >= 11 is 0. The molecule has 1 aromatic carbocycles. The third kappa shape index (κ3) is 4.37. The van der Waals surface area contributed by atoms with Gasteiger partial charge in [0.25, 0.3) is 0 Å². The predicted molar refractivity (Wildman–Crippen MR) is 87.1 cm³/mol. The van der Waals surface area contributed by atoms with Crippen molar-refractivity contribution in [2.75, 3.05) is 0 Å². The van der Waals surface area contributed by atoms with Crippen molar-refractivity contribution < 1.29 is 27.4 Å². The van der Waals surface area contributed by atoms with Crippen LogP contribution in [0.3, 0.4) is 0 Å². The lowest BCUT2D eigenvalue weighted by Crippen LogP contribution is -2.16. The Hall–Kier alpha value is -1.95. The molecule has 6 heteroatoms. The Balaban J connectivity index is 1.77. The Morgan fingerprint density at radius 1 is 1.12 bits per heavy atom. The molecule has 0 saturated heterocycles. The molecule has 136 valence electrons. The molecule has 1 N–H and O–H groups in total. The van der Waals surface area contributed by atoms with Gasteiger partial charge in [0.2, 0.25) is 0 Å². The summed E-state index contributed by atoms with van der Waals surface area (Å²) in [5.74, 6) is 1.13. The number of hydrogen-bond acceptors (Lipinski definition) is 3. The molecule has 25 heavy (non-hydrogen) atoms. The minimum Gasteiger partial charge on any atom is -0.461 e. The highest BCUT2D eigenvalue weighted by Gasteiger charge is 2.31. The quantitative estimate of drug-likeness (QED) is 0.758. The first-order valence-corrected chi connectivity index (χ1v) is 8.48. The second-order valence-corrected chi connectivity index (χ2v) is 6.54. The van der Waals surface area contributed by atoms with Crippen molar-refractivity contribution in [3.8, 4) is 17.1 Å². The number of benzene rings is 1. The van der Waals surface area contributed by atoms with E-state index in [0.29, 0.717) is 17.1 Å². The number of alkyl halides is 3. The van der Waals surface area contributed by atoms with E-state index >= 15 is 0 Å². The third-order valence-corrected chi connectivity index (χ3v) is 4.74. The molecule has 2 aromatic rings. The maximum atomic E-state index is 12.2. The molecule has 3 rings (SSSR count). The van der Waals surface area contributed by atoms with Crippen molar-refractivity contribution in [2.45, 2.75) is 51.5 Å². The van der Waals surface area contributed by atoms with Gasteiger partial charge >= 0.3 is 6.36 Å². The fourth-order valence-electron chi connectivity index (χ4n) is 3.46. The van der Waals surface area contributed by atoms with E-state index in [9.17, 15) is 18.3 Å². The Morgan fingerprint density at radius 3 is 2.36 bits per heavy atom. The predicted octanol–water partition coefficient (Wildman–Crippen LogP) is 5.77. The number of aliphatic hydroxyl groups is 1. The number of ether oxygens (including phenoxy) is 1. The van der Waals surface area contributed by atoms with Crippen LogP contribution in [0.1, 0.15) is 49.5 Å². The smallest absolute Gasteiger partial charge is 0.461 e. The molecule has 1 saturated carbocycles. The van der Waals surface area contributed by atoms with E-state index in [2.05, 4.69) is 4.74 Å². The standard InChI is InChI=1S/C19H21F3O3/c1-12-16(18(23)14-5-3-2-4-6-14)11-17(24-12)13-7-9-15(10-8-13)25-19(20,21)22/h7-11,14,18,23H,2-6H2,1H3. The van der Waals surface area contributed by atoms with Gasteiger partial charge < -0.3 is 14.3 Å². The average molecular weight is 354 g/mol. The summed E-state index contributed by atoms with van der Waals surface area (Å²) in [6.45, 7) is 1.80. The summed E-state index contributed by atoms with van der Waals surface area (Å²) in [5.41, 5.74) is 1.40. The first-order valence-electron chi connectivity index (χ1n) is 8.48. The van der Waals surface area contributed by atoms with Crippen LogP contribution >= 0.6 is 0 Å². The molecule has 0 spiro atoms. The molecule has 0 amide bonds. The SMILES string of the molecule is Cc1oc(-c2ccc(OC(F)(F)F)cc2)cc1C(O)C1CCCCC1. The average Bonchev–Trinajstić information content (AvgIpc) is 2.96. The van der Waals surface area contributed by atoms with Crippen LogP contribution in [-0.2, 0) is 0 Å². The lowest BCUT2D eigenvalue weighted by atomic mass is 9.83. The molecule has 1 aliphatic rings. The van der Waals surface area contributed by atoms with Gasteiger partial charge in [-0.2, -0.15) is 0 Å². The maximum Gasteiger partial charge on any atom is 0.573 e. The number of rotatable bonds is 4. The van der Waals surface area contributed by atoms with E-state index in [1.54, 1.807) is 13.0 Å². The summed E-state index contributed by atoms with van der Waals surface area (Å²) in [4.78, 5) is 0. The molecule has 1 atom stereocenters. The van der Waals surface area contributed by atoms with Crippen molar-refractivity contribution >= 4 is 0 Å². The zero-order valence-electron chi connectivity index (χ0n) is 14.0. The summed E-state index contributed by atoms with van der Waals surface area (Å²) < 4.78 is 46.3. The summed E-state index contributed by atoms with van der Waals surface area (Å²) in [7, 11) is 0. The van der Waals surface area contributed by atoms with Gasteiger partial charge in [0.15, 0.2) is 0 Å². The highest BCUT2D eigenvalue weighted by molar-refractivity contribution is 5.60. The van der Waals surface area contributed by atoms with Gasteiger partial charge in [-0.3, -0.25) is 0 Å². The molecule has 1 aliphatic carbocycles. The lowest BCUT2D eigenvalue weighted by Gasteiger charge is -2.26. The number of aryl methyl sites for hydroxylation is 1. The topological polar surface area (TPSA) is 42.6 Å². The van der Waals surface area contributed by atoms with Crippen LogP contribution < -0.4 is 4.74 Å². The molecular formula is C19H21F3O3. The van der Waals surface area contributed by atoms with Gasteiger partial charge in [0.05, 0.1) is 6.10 Å². The van der Waals surface area contributed by atoms with Crippen LogP contribution in [0.4, 0.5) is 13.2 Å². The van der Waals surface area contributed by atoms with Crippen molar-refractivity contribution in [2.24, 2.45) is 5.92 Å². The van der Waals surface area contributed by atoms with Crippen LogP contribution in [0.25, 0.3) is 11.3 Å². The number of aliphatic hydroxyl groups excluding tert-OH is 1. The molecule has 0 aliphatic heterocycles. The van der Waals surface area contributed by atoms with Crippen LogP contribution in [0, 0.1) is 12.8 Å². The molecule has 0 bridgehead atoms. The molecule has 3 nitrogen and oxygen atoms in total. The largest absolute Gasteiger partial charge is 0.573 e. The van der Waals surface area contributed by atoms with Gasteiger partial charge in [0, 0.05) is 11.1 Å². The first kappa shape index (κ1) is 17.9. The van der Waals surface area contributed by atoms with Crippen LogP contribution in [0.2, 0.25) is 0 Å². The van der Waals surface area contributed by atoms with Crippen molar-refractivity contribution in [3.63, 3.8) is 0 Å². The molecule has 1 fully saturated rings. The Kier molecular flexibility index (Phi) is 5.08. The minimum atomic E-state index is -4.71. The number of halogens is 3. The zero-order chi connectivity index (χ0) is 18.0. The number of furan rings is 1. The van der Waals surface area contributed by atoms with Gasteiger partial charge in [-0.05, 0) is 56.0 Å². The second-order valence-electron chi connectivity index (χ2n) is 6.54. The van der Waals surface area contributed by atoms with Gasteiger partial charge in [-0.25, -0.2) is 0 Å². The van der Waals surface area contributed by atoms with E-state index in [1.807, 2.05) is 0 Å². The Labute approximate surface area is 144 Å². The van der Waals surface area contributed by atoms with Crippen molar-refractivity contribution in [3.05, 3.63) is 41.7 Å².